The number of ketones is 1. The Labute approximate surface area is 119 Å². The fourth-order valence-corrected chi connectivity index (χ4v) is 1.19. The summed E-state index contributed by atoms with van der Waals surface area (Å²) < 4.78 is 73.5. The molecule has 1 aromatic carbocycles. The van der Waals surface area contributed by atoms with Crippen LogP contribution in [0, 0.1) is 0 Å². The molecule has 0 atom stereocenters. The molecule has 0 bridgehead atoms. The van der Waals surface area contributed by atoms with Gasteiger partial charge in [0.15, 0.2) is 0 Å². The van der Waals surface area contributed by atoms with Crippen molar-refractivity contribution in [2.45, 2.75) is 12.4 Å². The zero-order valence-corrected chi connectivity index (χ0v) is 10.5. The number of alkyl halides is 6. The predicted octanol–water partition coefficient (Wildman–Crippen LogP) is 2.50. The first-order chi connectivity index (χ1) is 10.0. The second-order valence-electron chi connectivity index (χ2n) is 3.86. The molecule has 0 aliphatic carbocycles. The summed E-state index contributed by atoms with van der Waals surface area (Å²) in [7, 11) is 0. The minimum Gasteiger partial charge on any atom is -0.294 e. The molecule has 0 saturated heterocycles. The van der Waals surface area contributed by atoms with Gasteiger partial charge in [0.2, 0.25) is 0 Å². The minimum absolute atomic E-state index is 0.0290. The van der Waals surface area contributed by atoms with Crippen LogP contribution in [0.2, 0.25) is 0 Å². The summed E-state index contributed by atoms with van der Waals surface area (Å²) in [5, 5.41) is 0. The van der Waals surface area contributed by atoms with Gasteiger partial charge in [0.1, 0.15) is 5.70 Å². The number of rotatable bonds is 4. The number of benzene rings is 1. The average Bonchev–Trinajstić information content (AvgIpc) is 2.41. The minimum atomic E-state index is -5.46. The molecule has 1 aromatic rings. The third kappa shape index (κ3) is 5.11. The van der Waals surface area contributed by atoms with Crippen LogP contribution in [-0.2, 0) is 4.79 Å². The van der Waals surface area contributed by atoms with E-state index in [1.807, 2.05) is 0 Å². The van der Waals surface area contributed by atoms with Gasteiger partial charge in [-0.25, -0.2) is 0 Å². The topological polar surface area (TPSA) is 58.2 Å². The lowest BCUT2D eigenvalue weighted by Gasteiger charge is -2.15. The second kappa shape index (κ2) is 6.50. The monoisotopic (exact) mass is 326 g/mol. The first-order valence-corrected chi connectivity index (χ1v) is 5.53. The normalized spacial score (nSPS) is 12.7. The lowest BCUT2D eigenvalue weighted by molar-refractivity contribution is -0.166. The second-order valence-corrected chi connectivity index (χ2v) is 3.86. The Morgan fingerprint density at radius 1 is 0.864 bits per heavy atom. The van der Waals surface area contributed by atoms with E-state index in [1.54, 1.807) is 11.5 Å². The molecule has 0 radical (unpaired) electrons. The number of carbonyl (C=O) groups excluding carboxylic acids is 2. The molecule has 10 heteroatoms. The Kier molecular flexibility index (Phi) is 5.18. The Bertz CT molecular complexity index is 578. The Morgan fingerprint density at radius 3 is 1.86 bits per heavy atom. The molecule has 0 unspecified atom stereocenters. The zero-order valence-electron chi connectivity index (χ0n) is 10.5. The van der Waals surface area contributed by atoms with Crippen molar-refractivity contribution in [2.24, 2.45) is 0 Å². The molecule has 0 aliphatic rings. The molecule has 0 aromatic heterocycles. The van der Waals surface area contributed by atoms with Crippen LogP contribution in [0.25, 0.3) is 0 Å². The van der Waals surface area contributed by atoms with Gasteiger partial charge in [-0.3, -0.25) is 20.4 Å². The predicted molar refractivity (Wildman–Crippen MR) is 62.2 cm³/mol. The van der Waals surface area contributed by atoms with Crippen molar-refractivity contribution in [3.8, 4) is 0 Å². The van der Waals surface area contributed by atoms with Crippen molar-refractivity contribution in [1.82, 2.24) is 10.9 Å². The summed E-state index contributed by atoms with van der Waals surface area (Å²) in [5.41, 5.74) is 0.771. The number of hydrogen-bond acceptors (Lipinski definition) is 3. The standard InChI is InChI=1S/C12H8F6N2O2/c13-11(14,15)8(6-9(21)12(16,17)18)19-20-10(22)7-4-2-1-3-5-7/h1-6,19H,(H,20,22). The largest absolute Gasteiger partial charge is 0.454 e. The summed E-state index contributed by atoms with van der Waals surface area (Å²) >= 11 is 0. The highest BCUT2D eigenvalue weighted by Gasteiger charge is 2.41. The maximum atomic E-state index is 12.5. The molecule has 2 N–H and O–H groups in total. The van der Waals surface area contributed by atoms with Crippen LogP contribution in [0.1, 0.15) is 10.4 Å². The van der Waals surface area contributed by atoms with Gasteiger partial charge >= 0.3 is 12.4 Å². The van der Waals surface area contributed by atoms with E-state index in [2.05, 4.69) is 0 Å². The Morgan fingerprint density at radius 2 is 1.41 bits per heavy atom. The maximum Gasteiger partial charge on any atom is 0.454 e. The molecule has 4 nitrogen and oxygen atoms in total. The van der Waals surface area contributed by atoms with Crippen molar-refractivity contribution < 1.29 is 35.9 Å². The van der Waals surface area contributed by atoms with Gasteiger partial charge in [-0.1, -0.05) is 18.2 Å². The van der Waals surface area contributed by atoms with E-state index in [-0.39, 0.29) is 5.56 Å². The smallest absolute Gasteiger partial charge is 0.294 e. The fourth-order valence-electron chi connectivity index (χ4n) is 1.19. The molecule has 120 valence electrons. The van der Waals surface area contributed by atoms with Crippen LogP contribution in [0.5, 0.6) is 0 Å². The number of hydrogen-bond donors (Lipinski definition) is 2. The fraction of sp³-hybridized carbons (Fsp3) is 0.167. The molecule has 1 amide bonds. The van der Waals surface area contributed by atoms with Crippen LogP contribution in [0.4, 0.5) is 26.3 Å². The number of halogens is 6. The van der Waals surface area contributed by atoms with Gasteiger partial charge in [-0.05, 0) is 12.1 Å². The SMILES string of the molecule is O=C(NNC(=CC(=O)C(F)(F)F)C(F)(F)F)c1ccccc1. The third-order valence-electron chi connectivity index (χ3n) is 2.21. The van der Waals surface area contributed by atoms with E-state index in [9.17, 15) is 35.9 Å². The quantitative estimate of drug-likeness (QED) is 0.508. The maximum absolute atomic E-state index is 12.5. The summed E-state index contributed by atoms with van der Waals surface area (Å²) in [6.07, 6.45) is -11.4. The number of nitrogens with one attached hydrogen (secondary N) is 2. The molecule has 22 heavy (non-hydrogen) atoms. The van der Waals surface area contributed by atoms with E-state index in [0.717, 1.165) is 0 Å². The summed E-state index contributed by atoms with van der Waals surface area (Å²) in [6, 6.07) is 6.96. The lowest BCUT2D eigenvalue weighted by atomic mass is 10.2. The van der Waals surface area contributed by atoms with Crippen LogP contribution in [0.15, 0.2) is 42.1 Å². The van der Waals surface area contributed by atoms with Gasteiger partial charge < -0.3 is 0 Å². The van der Waals surface area contributed by atoms with Crippen LogP contribution < -0.4 is 10.9 Å². The van der Waals surface area contributed by atoms with E-state index in [4.69, 9.17) is 0 Å². The number of hydrazine groups is 1. The van der Waals surface area contributed by atoms with Gasteiger partial charge in [0.25, 0.3) is 11.7 Å². The van der Waals surface area contributed by atoms with Crippen molar-refractivity contribution in [3.05, 3.63) is 47.7 Å². The van der Waals surface area contributed by atoms with Crippen molar-refractivity contribution in [1.29, 1.82) is 0 Å². The van der Waals surface area contributed by atoms with Crippen molar-refractivity contribution >= 4 is 11.7 Å². The number of carbonyl (C=O) groups is 2. The van der Waals surface area contributed by atoms with Gasteiger partial charge in [0.05, 0.1) is 0 Å². The molecular weight excluding hydrogens is 318 g/mol. The van der Waals surface area contributed by atoms with E-state index >= 15 is 0 Å². The van der Waals surface area contributed by atoms with Gasteiger partial charge in [0, 0.05) is 11.6 Å². The molecule has 0 spiro atoms. The first kappa shape index (κ1) is 17.5. The van der Waals surface area contributed by atoms with Crippen molar-refractivity contribution in [3.63, 3.8) is 0 Å². The third-order valence-corrected chi connectivity index (χ3v) is 2.21. The molecule has 0 aliphatic heterocycles. The van der Waals surface area contributed by atoms with E-state index in [0.29, 0.717) is 0 Å². The van der Waals surface area contributed by atoms with Crippen LogP contribution in [-0.4, -0.2) is 24.0 Å². The first-order valence-electron chi connectivity index (χ1n) is 5.53. The van der Waals surface area contributed by atoms with Gasteiger partial charge in [-0.2, -0.15) is 26.3 Å². The zero-order chi connectivity index (χ0) is 17.0. The molecular formula is C12H8F6N2O2. The number of allylic oxidation sites excluding steroid dienone is 2. The average molecular weight is 326 g/mol. The highest BCUT2D eigenvalue weighted by atomic mass is 19.4. The summed E-state index contributed by atoms with van der Waals surface area (Å²) in [4.78, 5) is 22.1. The highest BCUT2D eigenvalue weighted by Crippen LogP contribution is 2.25. The van der Waals surface area contributed by atoms with Crippen LogP contribution in [0.3, 0.4) is 0 Å². The molecule has 0 heterocycles. The Hall–Kier alpha value is -2.52. The lowest BCUT2D eigenvalue weighted by Crippen LogP contribution is -2.42. The molecule has 1 rings (SSSR count). The Balaban J connectivity index is 2.86. The van der Waals surface area contributed by atoms with Crippen molar-refractivity contribution in [2.75, 3.05) is 0 Å². The van der Waals surface area contributed by atoms with Crippen LogP contribution >= 0.6 is 0 Å². The number of amides is 1. The summed E-state index contributed by atoms with van der Waals surface area (Å²) in [5.74, 6) is -3.73. The molecule has 0 saturated carbocycles. The highest BCUT2D eigenvalue weighted by molar-refractivity contribution is 5.95. The van der Waals surface area contributed by atoms with E-state index < -0.39 is 35.8 Å². The van der Waals surface area contributed by atoms with E-state index in [1.165, 1.54) is 29.7 Å². The summed E-state index contributed by atoms with van der Waals surface area (Å²) in [6.45, 7) is 0. The van der Waals surface area contributed by atoms with Gasteiger partial charge in [-0.15, -0.1) is 0 Å². The molecule has 0 fully saturated rings.